The molecule has 162 valence electrons. The summed E-state index contributed by atoms with van der Waals surface area (Å²) < 4.78 is 15.9. The predicted octanol–water partition coefficient (Wildman–Crippen LogP) is 3.40. The number of para-hydroxylation sites is 1. The van der Waals surface area contributed by atoms with Gasteiger partial charge in [0, 0.05) is 11.9 Å². The molecule has 0 spiro atoms. The van der Waals surface area contributed by atoms with Gasteiger partial charge in [-0.1, -0.05) is 23.9 Å². The Labute approximate surface area is 186 Å². The van der Waals surface area contributed by atoms with Gasteiger partial charge in [0.2, 0.25) is 5.91 Å². The number of carbonyl (C=O) groups excluding carboxylic acids is 2. The van der Waals surface area contributed by atoms with E-state index in [-0.39, 0.29) is 16.4 Å². The fraction of sp³-hybridized carbons (Fsp3) is 0.333. The second-order valence-corrected chi connectivity index (χ2v) is 9.60. The minimum atomic E-state index is -0.741. The Bertz CT molecular complexity index is 1240. The summed E-state index contributed by atoms with van der Waals surface area (Å²) in [6.07, 6.45) is 3.79. The van der Waals surface area contributed by atoms with E-state index in [9.17, 15) is 18.8 Å². The van der Waals surface area contributed by atoms with E-state index in [1.165, 1.54) is 35.1 Å². The van der Waals surface area contributed by atoms with Crippen LogP contribution in [-0.4, -0.2) is 33.8 Å². The number of amides is 3. The van der Waals surface area contributed by atoms with Crippen molar-refractivity contribution < 1.29 is 14.0 Å². The summed E-state index contributed by atoms with van der Waals surface area (Å²) in [5.41, 5.74) is 0.755. The fourth-order valence-electron chi connectivity index (χ4n) is 3.60. The van der Waals surface area contributed by atoms with Crippen molar-refractivity contribution in [2.24, 2.45) is 0 Å². The summed E-state index contributed by atoms with van der Waals surface area (Å²) in [6.45, 7) is 1.60. The van der Waals surface area contributed by atoms with E-state index in [1.54, 1.807) is 19.1 Å². The van der Waals surface area contributed by atoms with Gasteiger partial charge >= 0.3 is 6.03 Å². The number of carbonyl (C=O) groups is 2. The smallest absolute Gasteiger partial charge is 0.321 e. The summed E-state index contributed by atoms with van der Waals surface area (Å²) in [7, 11) is 1.41. The number of fused-ring (bicyclic) bond motifs is 3. The van der Waals surface area contributed by atoms with Gasteiger partial charge in [0.1, 0.15) is 10.6 Å². The summed E-state index contributed by atoms with van der Waals surface area (Å²) in [5, 5.41) is 4.54. The number of hydrogen-bond acceptors (Lipinski definition) is 6. The average molecular weight is 461 g/mol. The van der Waals surface area contributed by atoms with Crippen molar-refractivity contribution in [2.75, 3.05) is 7.05 Å². The first-order chi connectivity index (χ1) is 14.9. The molecule has 1 atom stereocenters. The van der Waals surface area contributed by atoms with E-state index >= 15 is 0 Å². The minimum Gasteiger partial charge on any atom is -0.341 e. The largest absolute Gasteiger partial charge is 0.341 e. The van der Waals surface area contributed by atoms with Crippen molar-refractivity contribution in [3.8, 4) is 5.69 Å². The molecule has 2 heterocycles. The molecule has 7 nitrogen and oxygen atoms in total. The maximum atomic E-state index is 14.7. The van der Waals surface area contributed by atoms with Crippen molar-refractivity contribution in [3.05, 3.63) is 50.9 Å². The van der Waals surface area contributed by atoms with Crippen molar-refractivity contribution in [3.63, 3.8) is 0 Å². The second-order valence-electron chi connectivity index (χ2n) is 7.21. The normalized spacial score (nSPS) is 14.2. The van der Waals surface area contributed by atoms with Gasteiger partial charge < -0.3 is 5.32 Å². The quantitative estimate of drug-likeness (QED) is 0.460. The van der Waals surface area contributed by atoms with Crippen molar-refractivity contribution in [1.82, 2.24) is 20.2 Å². The molecule has 31 heavy (non-hydrogen) atoms. The van der Waals surface area contributed by atoms with Crippen LogP contribution in [0.25, 0.3) is 15.9 Å². The lowest BCUT2D eigenvalue weighted by atomic mass is 9.97. The fourth-order valence-corrected chi connectivity index (χ4v) is 5.82. The molecule has 4 rings (SSSR count). The Morgan fingerprint density at radius 3 is 2.74 bits per heavy atom. The number of thiophene rings is 1. The molecule has 3 aromatic rings. The number of benzene rings is 1. The first kappa shape index (κ1) is 21.5. The van der Waals surface area contributed by atoms with Crippen LogP contribution in [0.15, 0.2) is 34.2 Å². The van der Waals surface area contributed by atoms with E-state index in [4.69, 9.17) is 0 Å². The maximum Gasteiger partial charge on any atom is 0.321 e. The highest BCUT2D eigenvalue weighted by Crippen LogP contribution is 2.36. The molecule has 2 N–H and O–H groups in total. The van der Waals surface area contributed by atoms with Crippen LogP contribution in [0.2, 0.25) is 0 Å². The molecule has 3 amide bonds. The first-order valence-electron chi connectivity index (χ1n) is 9.92. The Morgan fingerprint density at radius 2 is 2.00 bits per heavy atom. The molecule has 1 aliphatic rings. The van der Waals surface area contributed by atoms with Gasteiger partial charge in [-0.3, -0.25) is 19.5 Å². The molecule has 2 aromatic heterocycles. The zero-order chi connectivity index (χ0) is 22.1. The van der Waals surface area contributed by atoms with Crippen LogP contribution in [0.4, 0.5) is 9.18 Å². The summed E-state index contributed by atoms with van der Waals surface area (Å²) in [4.78, 5) is 43.9. The van der Waals surface area contributed by atoms with Crippen molar-refractivity contribution >= 4 is 45.3 Å². The molecule has 10 heteroatoms. The number of imide groups is 1. The van der Waals surface area contributed by atoms with E-state index < -0.39 is 23.0 Å². The van der Waals surface area contributed by atoms with Gasteiger partial charge in [-0.25, -0.2) is 14.2 Å². The molecule has 1 aliphatic carbocycles. The third-order valence-electron chi connectivity index (χ3n) is 5.17. The van der Waals surface area contributed by atoms with Crippen LogP contribution in [0, 0.1) is 5.82 Å². The topological polar surface area (TPSA) is 93.1 Å². The zero-order valence-electron chi connectivity index (χ0n) is 17.0. The molecule has 0 radical (unpaired) electrons. The molecule has 0 saturated heterocycles. The molecule has 0 bridgehead atoms. The van der Waals surface area contributed by atoms with Crippen LogP contribution >= 0.6 is 23.1 Å². The predicted molar refractivity (Wildman–Crippen MR) is 120 cm³/mol. The highest BCUT2D eigenvalue weighted by atomic mass is 32.2. The zero-order valence-corrected chi connectivity index (χ0v) is 18.7. The average Bonchev–Trinajstić information content (AvgIpc) is 3.13. The van der Waals surface area contributed by atoms with Gasteiger partial charge in [-0.05, 0) is 50.3 Å². The lowest BCUT2D eigenvalue weighted by Gasteiger charge is -2.16. The molecule has 1 aromatic carbocycles. The number of aryl methyl sites for hydroxylation is 2. The Hall–Kier alpha value is -2.72. The number of halogens is 1. The third kappa shape index (κ3) is 4.09. The van der Waals surface area contributed by atoms with Crippen LogP contribution in [-0.2, 0) is 17.6 Å². The number of thioether (sulfide) groups is 1. The molecule has 0 saturated carbocycles. The number of aromatic nitrogens is 2. The Kier molecular flexibility index (Phi) is 6.10. The van der Waals surface area contributed by atoms with Gasteiger partial charge in [0.25, 0.3) is 5.56 Å². The summed E-state index contributed by atoms with van der Waals surface area (Å²) >= 11 is 2.50. The summed E-state index contributed by atoms with van der Waals surface area (Å²) in [6, 6.07) is 5.37. The molecular formula is C21H21FN4O3S2. The van der Waals surface area contributed by atoms with Crippen molar-refractivity contribution in [2.45, 2.75) is 43.0 Å². The first-order valence-corrected chi connectivity index (χ1v) is 11.6. The van der Waals surface area contributed by atoms with Crippen molar-refractivity contribution in [1.29, 1.82) is 0 Å². The number of nitrogens with one attached hydrogen (secondary N) is 2. The summed E-state index contributed by atoms with van der Waals surface area (Å²) in [5.74, 6) is -1.09. The Balaban J connectivity index is 1.86. The molecule has 1 unspecified atom stereocenters. The monoisotopic (exact) mass is 460 g/mol. The maximum absolute atomic E-state index is 14.7. The van der Waals surface area contributed by atoms with E-state index in [0.717, 1.165) is 47.9 Å². The molecular weight excluding hydrogens is 439 g/mol. The minimum absolute atomic E-state index is 0.0825. The molecule has 0 fully saturated rings. The standard InChI is InChI=1S/C21H21FN4O3S2/c1-11(17(27)24-20(29)23-2)30-21-25-18-16(12-7-3-6-10-15(12)31-18)19(28)26(21)14-9-5-4-8-13(14)22/h4-5,8-9,11H,3,6-7,10H2,1-2H3,(H2,23,24,27,29). The number of hydrogen-bond donors (Lipinski definition) is 2. The number of urea groups is 1. The van der Waals surface area contributed by atoms with E-state index in [1.807, 2.05) is 0 Å². The lowest BCUT2D eigenvalue weighted by molar-refractivity contribution is -0.119. The van der Waals surface area contributed by atoms with Crippen LogP contribution in [0.5, 0.6) is 0 Å². The van der Waals surface area contributed by atoms with E-state index in [0.29, 0.717) is 10.2 Å². The SMILES string of the molecule is CNC(=O)NC(=O)C(C)Sc1nc2sc3c(c2c(=O)n1-c1ccccc1F)CCCC3. The van der Waals surface area contributed by atoms with Crippen LogP contribution in [0.1, 0.15) is 30.2 Å². The van der Waals surface area contributed by atoms with Gasteiger partial charge in [0.15, 0.2) is 5.16 Å². The Morgan fingerprint density at radius 1 is 1.26 bits per heavy atom. The number of nitrogens with zero attached hydrogens (tertiary/aromatic N) is 2. The molecule has 0 aliphatic heterocycles. The highest BCUT2D eigenvalue weighted by molar-refractivity contribution is 8.00. The van der Waals surface area contributed by atoms with Gasteiger partial charge in [0.05, 0.1) is 16.3 Å². The number of rotatable bonds is 4. The highest BCUT2D eigenvalue weighted by Gasteiger charge is 2.26. The lowest BCUT2D eigenvalue weighted by Crippen LogP contribution is -2.41. The van der Waals surface area contributed by atoms with E-state index in [2.05, 4.69) is 15.6 Å². The van der Waals surface area contributed by atoms with Gasteiger partial charge in [-0.15, -0.1) is 11.3 Å². The van der Waals surface area contributed by atoms with Gasteiger partial charge in [-0.2, -0.15) is 0 Å². The van der Waals surface area contributed by atoms with Crippen LogP contribution < -0.4 is 16.2 Å². The van der Waals surface area contributed by atoms with Crippen LogP contribution in [0.3, 0.4) is 0 Å². The second kappa shape index (κ2) is 8.80. The third-order valence-corrected chi connectivity index (χ3v) is 7.40.